The number of hydrogen-bond acceptors (Lipinski definition) is 3. The van der Waals surface area contributed by atoms with E-state index in [0.29, 0.717) is 19.4 Å². The van der Waals surface area contributed by atoms with Crippen LogP contribution in [0.2, 0.25) is 0 Å². The molecular formula is C13H18ClF2N3O2. The Bertz CT molecular complexity index is 466. The van der Waals surface area contributed by atoms with E-state index in [0.717, 1.165) is 12.1 Å². The van der Waals surface area contributed by atoms with Crippen LogP contribution >= 0.6 is 12.4 Å². The lowest BCUT2D eigenvalue weighted by Crippen LogP contribution is -2.35. The summed E-state index contributed by atoms with van der Waals surface area (Å²) >= 11 is 0. The second-order valence-electron chi connectivity index (χ2n) is 4.09. The van der Waals surface area contributed by atoms with Crippen LogP contribution in [0.4, 0.5) is 8.78 Å². The molecule has 0 fully saturated rings. The zero-order valence-corrected chi connectivity index (χ0v) is 12.1. The third-order valence-electron chi connectivity index (χ3n) is 2.53. The van der Waals surface area contributed by atoms with Crippen LogP contribution in [0.5, 0.6) is 0 Å². The number of benzene rings is 1. The molecule has 0 radical (unpaired) electrons. The van der Waals surface area contributed by atoms with E-state index < -0.39 is 23.1 Å². The molecule has 1 aromatic carbocycles. The lowest BCUT2D eigenvalue weighted by atomic mass is 10.2. The van der Waals surface area contributed by atoms with Crippen molar-refractivity contribution in [2.75, 3.05) is 19.6 Å². The van der Waals surface area contributed by atoms with Gasteiger partial charge in [-0.1, -0.05) is 6.07 Å². The van der Waals surface area contributed by atoms with E-state index in [1.54, 1.807) is 0 Å². The number of rotatable bonds is 7. The van der Waals surface area contributed by atoms with Crippen molar-refractivity contribution in [3.05, 3.63) is 35.4 Å². The summed E-state index contributed by atoms with van der Waals surface area (Å²) in [6, 6.07) is 3.19. The molecule has 1 rings (SSSR count). The minimum absolute atomic E-state index is 0. The van der Waals surface area contributed by atoms with Crippen LogP contribution in [-0.2, 0) is 4.79 Å². The molecule has 0 aromatic heterocycles. The number of halogens is 3. The zero-order valence-electron chi connectivity index (χ0n) is 11.3. The minimum Gasteiger partial charge on any atom is -0.354 e. The van der Waals surface area contributed by atoms with Crippen molar-refractivity contribution >= 4 is 24.2 Å². The Morgan fingerprint density at radius 2 is 1.67 bits per heavy atom. The molecule has 0 saturated heterocycles. The lowest BCUT2D eigenvalue weighted by Gasteiger charge is -2.08. The quantitative estimate of drug-likeness (QED) is 0.654. The van der Waals surface area contributed by atoms with Crippen molar-refractivity contribution < 1.29 is 18.4 Å². The summed E-state index contributed by atoms with van der Waals surface area (Å²) in [5.41, 5.74) is 4.63. The summed E-state index contributed by atoms with van der Waals surface area (Å²) in [5, 5.41) is 4.89. The average molecular weight is 322 g/mol. The topological polar surface area (TPSA) is 84.2 Å². The predicted molar refractivity (Wildman–Crippen MR) is 77.2 cm³/mol. The summed E-state index contributed by atoms with van der Waals surface area (Å²) in [6.45, 7) is 0.697. The van der Waals surface area contributed by atoms with Crippen LogP contribution in [0.1, 0.15) is 23.2 Å². The highest BCUT2D eigenvalue weighted by Gasteiger charge is 2.16. The Labute approximate surface area is 127 Å². The first-order valence-corrected chi connectivity index (χ1v) is 6.25. The molecule has 0 aliphatic heterocycles. The van der Waals surface area contributed by atoms with Gasteiger partial charge >= 0.3 is 0 Å². The molecule has 118 valence electrons. The normalized spacial score (nSPS) is 9.67. The second-order valence-corrected chi connectivity index (χ2v) is 4.09. The van der Waals surface area contributed by atoms with Gasteiger partial charge in [-0.15, -0.1) is 12.4 Å². The van der Waals surface area contributed by atoms with Gasteiger partial charge in [-0.2, -0.15) is 0 Å². The van der Waals surface area contributed by atoms with E-state index in [1.807, 2.05) is 0 Å². The first-order chi connectivity index (χ1) is 9.56. The number of nitrogens with one attached hydrogen (secondary N) is 2. The maximum Gasteiger partial charge on any atom is 0.257 e. The number of amides is 2. The minimum atomic E-state index is -0.922. The zero-order chi connectivity index (χ0) is 15.0. The van der Waals surface area contributed by atoms with Gasteiger partial charge < -0.3 is 16.4 Å². The Morgan fingerprint density at radius 3 is 2.24 bits per heavy atom. The fourth-order valence-electron chi connectivity index (χ4n) is 1.53. The molecule has 0 bridgehead atoms. The van der Waals surface area contributed by atoms with Crippen LogP contribution in [0.3, 0.4) is 0 Å². The van der Waals surface area contributed by atoms with Gasteiger partial charge in [0.2, 0.25) is 5.91 Å². The largest absolute Gasteiger partial charge is 0.354 e. The van der Waals surface area contributed by atoms with Crippen LogP contribution in [0.15, 0.2) is 18.2 Å². The number of carbonyl (C=O) groups is 2. The molecule has 0 unspecified atom stereocenters. The van der Waals surface area contributed by atoms with Gasteiger partial charge in [-0.3, -0.25) is 9.59 Å². The van der Waals surface area contributed by atoms with E-state index in [-0.39, 0.29) is 31.4 Å². The molecule has 1 aromatic rings. The second kappa shape index (κ2) is 10.1. The Balaban J connectivity index is 0.00000400. The molecule has 8 heteroatoms. The number of carbonyl (C=O) groups excluding carboxylic acids is 2. The first kappa shape index (κ1) is 19.3. The molecular weight excluding hydrogens is 304 g/mol. The molecule has 0 aliphatic rings. The maximum atomic E-state index is 13.3. The van der Waals surface area contributed by atoms with Gasteiger partial charge in [-0.05, 0) is 25.1 Å². The van der Waals surface area contributed by atoms with Crippen LogP contribution in [0, 0.1) is 11.6 Å². The van der Waals surface area contributed by atoms with Crippen molar-refractivity contribution in [1.82, 2.24) is 10.6 Å². The van der Waals surface area contributed by atoms with Crippen LogP contribution in [0.25, 0.3) is 0 Å². The van der Waals surface area contributed by atoms with Gasteiger partial charge in [-0.25, -0.2) is 8.78 Å². The summed E-state index contributed by atoms with van der Waals surface area (Å²) in [7, 11) is 0. The van der Waals surface area contributed by atoms with E-state index in [4.69, 9.17) is 5.73 Å². The third kappa shape index (κ3) is 6.50. The molecule has 2 amide bonds. The van der Waals surface area contributed by atoms with Gasteiger partial charge in [0.25, 0.3) is 5.91 Å². The third-order valence-corrected chi connectivity index (χ3v) is 2.53. The summed E-state index contributed by atoms with van der Waals surface area (Å²) < 4.78 is 26.6. The summed E-state index contributed by atoms with van der Waals surface area (Å²) in [5.74, 6) is -2.87. The Hall–Kier alpha value is -1.73. The van der Waals surface area contributed by atoms with Crippen molar-refractivity contribution in [3.8, 4) is 0 Å². The van der Waals surface area contributed by atoms with E-state index >= 15 is 0 Å². The molecule has 0 aliphatic carbocycles. The van der Waals surface area contributed by atoms with E-state index in [1.165, 1.54) is 6.07 Å². The predicted octanol–water partition coefficient (Wildman–Crippen LogP) is 0.971. The van der Waals surface area contributed by atoms with E-state index in [2.05, 4.69) is 10.6 Å². The molecule has 0 heterocycles. The summed E-state index contributed by atoms with van der Waals surface area (Å²) in [6.07, 6.45) is 0.894. The van der Waals surface area contributed by atoms with Gasteiger partial charge in [0, 0.05) is 19.5 Å². The molecule has 5 nitrogen and oxygen atoms in total. The molecule has 21 heavy (non-hydrogen) atoms. The van der Waals surface area contributed by atoms with Crippen LogP contribution < -0.4 is 16.4 Å². The van der Waals surface area contributed by atoms with E-state index in [9.17, 15) is 18.4 Å². The number of hydrogen-bond donors (Lipinski definition) is 3. The maximum absolute atomic E-state index is 13.3. The van der Waals surface area contributed by atoms with Crippen molar-refractivity contribution in [3.63, 3.8) is 0 Å². The highest BCUT2D eigenvalue weighted by Crippen LogP contribution is 2.11. The standard InChI is InChI=1S/C13H17F2N3O2.ClH/c14-9-3-1-4-10(15)12(9)13(20)18-8-7-17-11(19)5-2-6-16;/h1,3-4H,2,5-8,16H2,(H,17,19)(H,18,20);1H. The van der Waals surface area contributed by atoms with Gasteiger partial charge in [0.15, 0.2) is 0 Å². The van der Waals surface area contributed by atoms with Gasteiger partial charge in [0.05, 0.1) is 0 Å². The lowest BCUT2D eigenvalue weighted by molar-refractivity contribution is -0.121. The fourth-order valence-corrected chi connectivity index (χ4v) is 1.53. The number of nitrogens with two attached hydrogens (primary N) is 1. The Morgan fingerprint density at radius 1 is 1.10 bits per heavy atom. The van der Waals surface area contributed by atoms with Gasteiger partial charge in [0.1, 0.15) is 17.2 Å². The first-order valence-electron chi connectivity index (χ1n) is 6.25. The van der Waals surface area contributed by atoms with Crippen LogP contribution in [-0.4, -0.2) is 31.4 Å². The Kier molecular flexibility index (Phi) is 9.23. The molecule has 0 atom stereocenters. The fraction of sp³-hybridized carbons (Fsp3) is 0.385. The monoisotopic (exact) mass is 321 g/mol. The van der Waals surface area contributed by atoms with Crippen molar-refractivity contribution in [2.45, 2.75) is 12.8 Å². The van der Waals surface area contributed by atoms with Crippen molar-refractivity contribution in [2.24, 2.45) is 5.73 Å². The SMILES string of the molecule is Cl.NCCCC(=O)NCCNC(=O)c1c(F)cccc1F. The highest BCUT2D eigenvalue weighted by molar-refractivity contribution is 5.94. The van der Waals surface area contributed by atoms with Crippen molar-refractivity contribution in [1.29, 1.82) is 0 Å². The smallest absolute Gasteiger partial charge is 0.257 e. The molecule has 0 spiro atoms. The average Bonchev–Trinajstić information content (AvgIpc) is 2.41. The summed E-state index contributed by atoms with van der Waals surface area (Å²) in [4.78, 5) is 22.8. The molecule has 4 N–H and O–H groups in total. The highest BCUT2D eigenvalue weighted by atomic mass is 35.5. The molecule has 0 saturated carbocycles.